The molecule has 1 aliphatic carbocycles. The van der Waals surface area contributed by atoms with Crippen LogP contribution in [0.25, 0.3) is 0 Å². The number of anilines is 1. The third-order valence-corrected chi connectivity index (χ3v) is 4.63. The average molecular weight is 345 g/mol. The maximum absolute atomic E-state index is 6.00. The molecule has 0 aliphatic heterocycles. The molecular weight excluding hydrogens is 325 g/mol. The minimum Gasteiger partial charge on any atom is -0.383 e. The second-order valence-corrected chi connectivity index (χ2v) is 6.51. The Bertz CT molecular complexity index is 417. The largest absolute Gasteiger partial charge is 0.383 e. The summed E-state index contributed by atoms with van der Waals surface area (Å²) in [5, 5.41) is 0. The van der Waals surface area contributed by atoms with E-state index < -0.39 is 0 Å². The molecule has 1 aliphatic rings. The lowest BCUT2D eigenvalue weighted by Crippen LogP contribution is -2.11. The van der Waals surface area contributed by atoms with Crippen LogP contribution in [0, 0.1) is 9.49 Å². The van der Waals surface area contributed by atoms with Gasteiger partial charge in [0.1, 0.15) is 11.6 Å². The summed E-state index contributed by atoms with van der Waals surface area (Å²) < 4.78 is 1.02. The SMILES string of the molecule is CC1CCC(c2nc(N)c(I)c(C(C)C)n2)C1. The Morgan fingerprint density at radius 2 is 2.00 bits per heavy atom. The molecule has 1 aromatic rings. The Balaban J connectivity index is 2.35. The van der Waals surface area contributed by atoms with Crippen molar-refractivity contribution in [2.75, 3.05) is 5.73 Å². The second-order valence-electron chi connectivity index (χ2n) is 5.44. The maximum Gasteiger partial charge on any atom is 0.140 e. The van der Waals surface area contributed by atoms with Gasteiger partial charge >= 0.3 is 0 Å². The first kappa shape index (κ1) is 13.1. The van der Waals surface area contributed by atoms with E-state index in [9.17, 15) is 0 Å². The minimum absolute atomic E-state index is 0.407. The fourth-order valence-electron chi connectivity index (χ4n) is 2.51. The van der Waals surface area contributed by atoms with Crippen LogP contribution < -0.4 is 5.73 Å². The number of hydrogen-bond acceptors (Lipinski definition) is 3. The van der Waals surface area contributed by atoms with Crippen molar-refractivity contribution in [3.63, 3.8) is 0 Å². The molecule has 2 unspecified atom stereocenters. The Hall–Kier alpha value is -0.390. The highest BCUT2D eigenvalue weighted by Crippen LogP contribution is 2.37. The monoisotopic (exact) mass is 345 g/mol. The molecule has 0 radical (unpaired) electrons. The van der Waals surface area contributed by atoms with Crippen molar-refractivity contribution >= 4 is 28.4 Å². The van der Waals surface area contributed by atoms with Crippen LogP contribution in [0.2, 0.25) is 0 Å². The standard InChI is InChI=1S/C13H20IN3/c1-7(2)11-10(14)12(15)17-13(16-11)9-5-4-8(3)6-9/h7-9H,4-6H2,1-3H3,(H2,15,16,17). The van der Waals surface area contributed by atoms with Crippen LogP contribution >= 0.6 is 22.6 Å². The second kappa shape index (κ2) is 5.08. The average Bonchev–Trinajstić information content (AvgIpc) is 2.68. The fraction of sp³-hybridized carbons (Fsp3) is 0.692. The van der Waals surface area contributed by atoms with Crippen molar-refractivity contribution in [3.8, 4) is 0 Å². The van der Waals surface area contributed by atoms with Crippen LogP contribution in [0.1, 0.15) is 63.4 Å². The lowest BCUT2D eigenvalue weighted by atomic mass is 10.0. The lowest BCUT2D eigenvalue weighted by Gasteiger charge is -2.14. The molecule has 0 bridgehead atoms. The van der Waals surface area contributed by atoms with Gasteiger partial charge in [-0.2, -0.15) is 0 Å². The Morgan fingerprint density at radius 1 is 1.29 bits per heavy atom. The first-order valence-electron chi connectivity index (χ1n) is 6.31. The normalized spacial score (nSPS) is 24.5. The molecule has 2 N–H and O–H groups in total. The van der Waals surface area contributed by atoms with Crippen molar-refractivity contribution < 1.29 is 0 Å². The number of rotatable bonds is 2. The van der Waals surface area contributed by atoms with Crippen LogP contribution in [0.4, 0.5) is 5.82 Å². The molecule has 1 heterocycles. The van der Waals surface area contributed by atoms with Gasteiger partial charge in [0, 0.05) is 5.92 Å². The van der Waals surface area contributed by atoms with Gasteiger partial charge in [-0.25, -0.2) is 9.97 Å². The van der Waals surface area contributed by atoms with Crippen molar-refractivity contribution in [1.82, 2.24) is 9.97 Å². The summed E-state index contributed by atoms with van der Waals surface area (Å²) in [5.74, 6) is 3.34. The molecule has 94 valence electrons. The lowest BCUT2D eigenvalue weighted by molar-refractivity contribution is 0.582. The molecule has 0 spiro atoms. The van der Waals surface area contributed by atoms with Crippen molar-refractivity contribution in [2.24, 2.45) is 5.92 Å². The van der Waals surface area contributed by atoms with Crippen LogP contribution in [-0.2, 0) is 0 Å². The topological polar surface area (TPSA) is 51.8 Å². The maximum atomic E-state index is 6.00. The van der Waals surface area contributed by atoms with Crippen molar-refractivity contribution in [3.05, 3.63) is 15.1 Å². The van der Waals surface area contributed by atoms with Crippen LogP contribution in [-0.4, -0.2) is 9.97 Å². The van der Waals surface area contributed by atoms with Gasteiger partial charge in [-0.3, -0.25) is 0 Å². The molecule has 0 aromatic carbocycles. The van der Waals surface area contributed by atoms with Crippen molar-refractivity contribution in [2.45, 2.75) is 51.9 Å². The Morgan fingerprint density at radius 3 is 2.53 bits per heavy atom. The van der Waals surface area contributed by atoms with E-state index in [0.29, 0.717) is 17.7 Å². The van der Waals surface area contributed by atoms with E-state index in [4.69, 9.17) is 10.7 Å². The predicted molar refractivity (Wildman–Crippen MR) is 79.0 cm³/mol. The summed E-state index contributed by atoms with van der Waals surface area (Å²) in [5.41, 5.74) is 7.11. The summed E-state index contributed by atoms with van der Waals surface area (Å²) in [6, 6.07) is 0. The van der Waals surface area contributed by atoms with Crippen LogP contribution in [0.5, 0.6) is 0 Å². The molecular formula is C13H20IN3. The highest BCUT2D eigenvalue weighted by Gasteiger charge is 2.26. The van der Waals surface area contributed by atoms with Gasteiger partial charge in [-0.1, -0.05) is 20.8 Å². The van der Waals surface area contributed by atoms with Gasteiger partial charge < -0.3 is 5.73 Å². The highest BCUT2D eigenvalue weighted by atomic mass is 127. The summed E-state index contributed by atoms with van der Waals surface area (Å²) >= 11 is 2.25. The first-order valence-corrected chi connectivity index (χ1v) is 7.39. The van der Waals surface area contributed by atoms with Gasteiger partial charge in [0.25, 0.3) is 0 Å². The quantitative estimate of drug-likeness (QED) is 0.832. The smallest absolute Gasteiger partial charge is 0.140 e. The van der Waals surface area contributed by atoms with Gasteiger partial charge in [0.15, 0.2) is 0 Å². The summed E-state index contributed by atoms with van der Waals surface area (Å²) in [6.07, 6.45) is 3.70. The number of aromatic nitrogens is 2. The molecule has 3 nitrogen and oxygen atoms in total. The number of nitrogens with zero attached hydrogens (tertiary/aromatic N) is 2. The zero-order valence-electron chi connectivity index (χ0n) is 10.7. The van der Waals surface area contributed by atoms with Crippen LogP contribution in [0.3, 0.4) is 0 Å². The molecule has 2 rings (SSSR count). The van der Waals surface area contributed by atoms with Gasteiger partial charge in [0.05, 0.1) is 9.26 Å². The van der Waals surface area contributed by atoms with Gasteiger partial charge in [-0.15, -0.1) is 0 Å². The predicted octanol–water partition coefficient (Wildman–Crippen LogP) is 3.69. The third kappa shape index (κ3) is 2.72. The van der Waals surface area contributed by atoms with E-state index >= 15 is 0 Å². The number of nitrogen functional groups attached to an aromatic ring is 1. The van der Waals surface area contributed by atoms with E-state index in [0.717, 1.165) is 21.0 Å². The molecule has 4 heteroatoms. The number of halogens is 1. The van der Waals surface area contributed by atoms with Gasteiger partial charge in [-0.05, 0) is 53.7 Å². The molecule has 0 amide bonds. The van der Waals surface area contributed by atoms with E-state index in [-0.39, 0.29) is 0 Å². The summed E-state index contributed by atoms with van der Waals surface area (Å²) in [4.78, 5) is 9.24. The van der Waals surface area contributed by atoms with E-state index in [2.05, 4.69) is 48.3 Å². The molecule has 1 fully saturated rings. The van der Waals surface area contributed by atoms with E-state index in [1.165, 1.54) is 19.3 Å². The number of hydrogen-bond donors (Lipinski definition) is 1. The Labute approximate surface area is 117 Å². The molecule has 2 atom stereocenters. The summed E-state index contributed by atoms with van der Waals surface area (Å²) in [6.45, 7) is 6.62. The summed E-state index contributed by atoms with van der Waals surface area (Å²) in [7, 11) is 0. The minimum atomic E-state index is 0.407. The first-order chi connectivity index (χ1) is 7.99. The van der Waals surface area contributed by atoms with Crippen LogP contribution in [0.15, 0.2) is 0 Å². The van der Waals surface area contributed by atoms with Gasteiger partial charge in [0.2, 0.25) is 0 Å². The molecule has 17 heavy (non-hydrogen) atoms. The molecule has 0 saturated heterocycles. The van der Waals surface area contributed by atoms with E-state index in [1.54, 1.807) is 0 Å². The number of nitrogens with two attached hydrogens (primary N) is 1. The molecule has 1 saturated carbocycles. The van der Waals surface area contributed by atoms with E-state index in [1.807, 2.05) is 0 Å². The highest BCUT2D eigenvalue weighted by molar-refractivity contribution is 14.1. The zero-order chi connectivity index (χ0) is 12.6. The Kier molecular flexibility index (Phi) is 3.90. The third-order valence-electron chi connectivity index (χ3n) is 3.53. The van der Waals surface area contributed by atoms with Crippen molar-refractivity contribution in [1.29, 1.82) is 0 Å². The molecule has 1 aromatic heterocycles. The fourth-order valence-corrected chi connectivity index (χ4v) is 3.37. The zero-order valence-corrected chi connectivity index (χ0v) is 12.9.